The summed E-state index contributed by atoms with van der Waals surface area (Å²) in [5.74, 6) is 1.67. The normalized spacial score (nSPS) is 24.6. The standard InChI is InChI=1S/C14H20ClNO/c1-17-14-7-4-12(15)9-11(14)8-10-2-5-13(16)6-3-10/h4,7,9-10,13H,2-3,5-6,8,16H2,1H3. The van der Waals surface area contributed by atoms with Gasteiger partial charge in [0.2, 0.25) is 0 Å². The molecule has 1 aromatic rings. The van der Waals surface area contributed by atoms with E-state index in [2.05, 4.69) is 0 Å². The number of halogens is 1. The highest BCUT2D eigenvalue weighted by molar-refractivity contribution is 6.30. The number of ether oxygens (including phenoxy) is 1. The summed E-state index contributed by atoms with van der Waals surface area (Å²) in [5, 5.41) is 0.785. The fourth-order valence-corrected chi connectivity index (χ4v) is 2.80. The van der Waals surface area contributed by atoms with Crippen LogP contribution in [0.1, 0.15) is 31.2 Å². The molecule has 0 atom stereocenters. The van der Waals surface area contributed by atoms with Crippen LogP contribution in [0.3, 0.4) is 0 Å². The smallest absolute Gasteiger partial charge is 0.122 e. The van der Waals surface area contributed by atoms with Gasteiger partial charge in [0, 0.05) is 11.1 Å². The van der Waals surface area contributed by atoms with Crippen LogP contribution in [0.15, 0.2) is 18.2 Å². The van der Waals surface area contributed by atoms with Crippen molar-refractivity contribution in [2.24, 2.45) is 11.7 Å². The van der Waals surface area contributed by atoms with Crippen molar-refractivity contribution in [1.29, 1.82) is 0 Å². The summed E-state index contributed by atoms with van der Waals surface area (Å²) in [6, 6.07) is 6.26. The molecule has 1 fully saturated rings. The van der Waals surface area contributed by atoms with E-state index in [1.807, 2.05) is 18.2 Å². The van der Waals surface area contributed by atoms with Crippen LogP contribution in [0.5, 0.6) is 5.75 Å². The zero-order valence-electron chi connectivity index (χ0n) is 10.3. The van der Waals surface area contributed by atoms with Crippen LogP contribution in [0.4, 0.5) is 0 Å². The van der Waals surface area contributed by atoms with Gasteiger partial charge in [-0.15, -0.1) is 0 Å². The van der Waals surface area contributed by atoms with Crippen molar-refractivity contribution in [2.45, 2.75) is 38.1 Å². The molecule has 0 saturated heterocycles. The monoisotopic (exact) mass is 253 g/mol. The molecule has 1 saturated carbocycles. The largest absolute Gasteiger partial charge is 0.496 e. The van der Waals surface area contributed by atoms with Crippen LogP contribution in [0, 0.1) is 5.92 Å². The van der Waals surface area contributed by atoms with Gasteiger partial charge in [-0.25, -0.2) is 0 Å². The van der Waals surface area contributed by atoms with Gasteiger partial charge in [0.15, 0.2) is 0 Å². The average molecular weight is 254 g/mol. The molecule has 0 spiro atoms. The molecule has 1 aromatic carbocycles. The quantitative estimate of drug-likeness (QED) is 0.896. The van der Waals surface area contributed by atoms with Gasteiger partial charge < -0.3 is 10.5 Å². The zero-order chi connectivity index (χ0) is 12.3. The van der Waals surface area contributed by atoms with E-state index in [-0.39, 0.29) is 0 Å². The predicted octanol–water partition coefficient (Wildman–Crippen LogP) is 3.41. The SMILES string of the molecule is COc1ccc(Cl)cc1CC1CCC(N)CC1. The second kappa shape index (κ2) is 5.74. The molecule has 17 heavy (non-hydrogen) atoms. The van der Waals surface area contributed by atoms with Gasteiger partial charge in [-0.2, -0.15) is 0 Å². The fraction of sp³-hybridized carbons (Fsp3) is 0.571. The maximum absolute atomic E-state index is 6.04. The third-order valence-corrected chi connectivity index (χ3v) is 3.88. The van der Waals surface area contributed by atoms with Gasteiger partial charge in [0.1, 0.15) is 5.75 Å². The van der Waals surface area contributed by atoms with Crippen molar-refractivity contribution in [3.8, 4) is 5.75 Å². The molecule has 0 amide bonds. The summed E-state index contributed by atoms with van der Waals surface area (Å²) < 4.78 is 5.38. The van der Waals surface area contributed by atoms with Crippen LogP contribution in [0.2, 0.25) is 5.02 Å². The third kappa shape index (κ3) is 3.36. The molecule has 1 aliphatic carbocycles. The molecule has 3 heteroatoms. The number of rotatable bonds is 3. The van der Waals surface area contributed by atoms with Crippen LogP contribution in [-0.4, -0.2) is 13.2 Å². The van der Waals surface area contributed by atoms with Crippen LogP contribution >= 0.6 is 11.6 Å². The molecule has 0 bridgehead atoms. The van der Waals surface area contributed by atoms with Crippen molar-refractivity contribution in [3.05, 3.63) is 28.8 Å². The highest BCUT2D eigenvalue weighted by Gasteiger charge is 2.20. The minimum absolute atomic E-state index is 0.410. The van der Waals surface area contributed by atoms with E-state index >= 15 is 0 Å². The van der Waals surface area contributed by atoms with E-state index in [0.717, 1.165) is 36.0 Å². The summed E-state index contributed by atoms with van der Waals surface area (Å²) in [7, 11) is 1.71. The Bertz CT molecular complexity index is 372. The van der Waals surface area contributed by atoms with E-state index in [0.29, 0.717) is 6.04 Å². The Labute approximate surface area is 108 Å². The summed E-state index contributed by atoms with van der Waals surface area (Å²) in [6.07, 6.45) is 5.78. The lowest BCUT2D eigenvalue weighted by Crippen LogP contribution is -2.27. The van der Waals surface area contributed by atoms with Crippen LogP contribution < -0.4 is 10.5 Å². The Kier molecular flexibility index (Phi) is 4.30. The molecule has 0 unspecified atom stereocenters. The molecule has 94 valence electrons. The maximum atomic E-state index is 6.04. The molecule has 0 aliphatic heterocycles. The fourth-order valence-electron chi connectivity index (χ4n) is 2.61. The Morgan fingerprint density at radius 1 is 1.29 bits per heavy atom. The second-order valence-electron chi connectivity index (χ2n) is 4.94. The van der Waals surface area contributed by atoms with E-state index in [1.54, 1.807) is 7.11 Å². The van der Waals surface area contributed by atoms with Gasteiger partial charge in [-0.05, 0) is 61.8 Å². The van der Waals surface area contributed by atoms with Crippen molar-refractivity contribution in [2.75, 3.05) is 7.11 Å². The van der Waals surface area contributed by atoms with Gasteiger partial charge in [0.05, 0.1) is 7.11 Å². The lowest BCUT2D eigenvalue weighted by Gasteiger charge is -2.26. The Balaban J connectivity index is 2.04. The first kappa shape index (κ1) is 12.7. The third-order valence-electron chi connectivity index (χ3n) is 3.64. The molecule has 2 N–H and O–H groups in total. The molecule has 1 aliphatic rings. The Hall–Kier alpha value is -0.730. The first-order chi connectivity index (χ1) is 8.19. The first-order valence-corrected chi connectivity index (χ1v) is 6.65. The Morgan fingerprint density at radius 2 is 2.00 bits per heavy atom. The van der Waals surface area contributed by atoms with Crippen molar-refractivity contribution < 1.29 is 4.74 Å². The molecule has 0 heterocycles. The number of nitrogens with two attached hydrogens (primary N) is 1. The van der Waals surface area contributed by atoms with E-state index in [4.69, 9.17) is 22.1 Å². The van der Waals surface area contributed by atoms with Crippen LogP contribution in [0.25, 0.3) is 0 Å². The van der Waals surface area contributed by atoms with E-state index in [1.165, 1.54) is 18.4 Å². The van der Waals surface area contributed by atoms with Gasteiger partial charge in [-0.1, -0.05) is 11.6 Å². The first-order valence-electron chi connectivity index (χ1n) is 6.27. The maximum Gasteiger partial charge on any atom is 0.122 e. The van der Waals surface area contributed by atoms with Gasteiger partial charge in [0.25, 0.3) is 0 Å². The van der Waals surface area contributed by atoms with Crippen molar-refractivity contribution in [1.82, 2.24) is 0 Å². The van der Waals surface area contributed by atoms with Crippen molar-refractivity contribution in [3.63, 3.8) is 0 Å². The molecule has 0 radical (unpaired) electrons. The van der Waals surface area contributed by atoms with Crippen LogP contribution in [-0.2, 0) is 6.42 Å². The minimum Gasteiger partial charge on any atom is -0.496 e. The average Bonchev–Trinajstić information content (AvgIpc) is 2.32. The predicted molar refractivity (Wildman–Crippen MR) is 71.6 cm³/mol. The summed E-state index contributed by atoms with van der Waals surface area (Å²) in [5.41, 5.74) is 7.15. The van der Waals surface area contributed by atoms with Gasteiger partial charge >= 0.3 is 0 Å². The molecule has 2 rings (SSSR count). The minimum atomic E-state index is 0.410. The number of hydrogen-bond donors (Lipinski definition) is 1. The highest BCUT2D eigenvalue weighted by Crippen LogP contribution is 2.31. The highest BCUT2D eigenvalue weighted by atomic mass is 35.5. The second-order valence-corrected chi connectivity index (χ2v) is 5.38. The van der Waals surface area contributed by atoms with Gasteiger partial charge in [-0.3, -0.25) is 0 Å². The van der Waals surface area contributed by atoms with Crippen molar-refractivity contribution >= 4 is 11.6 Å². The van der Waals surface area contributed by atoms with E-state index < -0.39 is 0 Å². The zero-order valence-corrected chi connectivity index (χ0v) is 11.0. The van der Waals surface area contributed by atoms with E-state index in [9.17, 15) is 0 Å². The lowest BCUT2D eigenvalue weighted by atomic mass is 9.82. The topological polar surface area (TPSA) is 35.2 Å². The number of benzene rings is 1. The molecule has 0 aromatic heterocycles. The summed E-state index contributed by atoms with van der Waals surface area (Å²) in [6.45, 7) is 0. The molecular weight excluding hydrogens is 234 g/mol. The number of hydrogen-bond acceptors (Lipinski definition) is 2. The lowest BCUT2D eigenvalue weighted by molar-refractivity contribution is 0.320. The number of methoxy groups -OCH3 is 1. The molecular formula is C14H20ClNO. The summed E-state index contributed by atoms with van der Waals surface area (Å²) >= 11 is 6.04. The Morgan fingerprint density at radius 3 is 2.65 bits per heavy atom. The summed E-state index contributed by atoms with van der Waals surface area (Å²) in [4.78, 5) is 0. The molecule has 2 nitrogen and oxygen atoms in total.